The summed E-state index contributed by atoms with van der Waals surface area (Å²) in [7, 11) is 0. The molecule has 1 atom stereocenters. The molecular formula is C20H17N3O3S. The van der Waals surface area contributed by atoms with Crippen LogP contribution in [0.2, 0.25) is 0 Å². The summed E-state index contributed by atoms with van der Waals surface area (Å²) in [6.07, 6.45) is 0.940. The first-order valence-electron chi connectivity index (χ1n) is 8.83. The number of ether oxygens (including phenoxy) is 1. The number of nitrogens with zero attached hydrogens (tertiary/aromatic N) is 2. The highest BCUT2D eigenvalue weighted by molar-refractivity contribution is 7.13. The molecular weight excluding hydrogens is 362 g/mol. The molecule has 1 saturated heterocycles. The topological polar surface area (TPSA) is 75.3 Å². The van der Waals surface area contributed by atoms with E-state index in [4.69, 9.17) is 4.74 Å². The van der Waals surface area contributed by atoms with E-state index in [-0.39, 0.29) is 11.7 Å². The minimum absolute atomic E-state index is 0.0749. The lowest BCUT2D eigenvalue weighted by Gasteiger charge is -2.34. The van der Waals surface area contributed by atoms with Crippen LogP contribution in [0.15, 0.2) is 47.8 Å². The summed E-state index contributed by atoms with van der Waals surface area (Å²) < 4.78 is 6.19. The molecule has 7 heteroatoms. The Balaban J connectivity index is 1.35. The van der Waals surface area contributed by atoms with Gasteiger partial charge in [0.1, 0.15) is 11.4 Å². The number of rotatable bonds is 2. The first-order valence-corrected chi connectivity index (χ1v) is 9.71. The molecule has 0 bridgehead atoms. The molecule has 0 saturated carbocycles. The second-order valence-corrected chi connectivity index (χ2v) is 7.95. The third-order valence-electron chi connectivity index (χ3n) is 5.18. The van der Waals surface area contributed by atoms with Gasteiger partial charge in [0.15, 0.2) is 11.5 Å². The lowest BCUT2D eigenvalue weighted by molar-refractivity contribution is 0.0427. The lowest BCUT2D eigenvalue weighted by atomic mass is 9.89. The molecule has 6 nitrogen and oxygen atoms in total. The number of H-pyrrole nitrogens is 1. The zero-order valence-corrected chi connectivity index (χ0v) is 15.3. The summed E-state index contributed by atoms with van der Waals surface area (Å²) in [5, 5.41) is 9.10. The van der Waals surface area contributed by atoms with Gasteiger partial charge in [0.2, 0.25) is 0 Å². The Morgan fingerprint density at radius 1 is 1.26 bits per heavy atom. The van der Waals surface area contributed by atoms with E-state index in [1.165, 1.54) is 0 Å². The number of ketones is 1. The van der Waals surface area contributed by atoms with Crippen LogP contribution in [-0.4, -0.2) is 45.5 Å². The van der Waals surface area contributed by atoms with Crippen LogP contribution in [0.25, 0.3) is 10.6 Å². The summed E-state index contributed by atoms with van der Waals surface area (Å²) in [6, 6.07) is 13.0. The molecule has 1 aromatic carbocycles. The van der Waals surface area contributed by atoms with Crippen molar-refractivity contribution in [1.29, 1.82) is 0 Å². The number of thiophene rings is 1. The van der Waals surface area contributed by atoms with Crippen LogP contribution >= 0.6 is 11.3 Å². The normalized spacial score (nSPS) is 21.3. The number of Topliss-reactive ketones (excluding diaryl/α,β-unsaturated/α-hetero) is 1. The molecule has 2 aliphatic heterocycles. The van der Waals surface area contributed by atoms with Crippen molar-refractivity contribution in [2.45, 2.75) is 18.4 Å². The van der Waals surface area contributed by atoms with Crippen molar-refractivity contribution >= 4 is 23.0 Å². The number of benzene rings is 1. The Bertz CT molecular complexity index is 1030. The van der Waals surface area contributed by atoms with Gasteiger partial charge in [-0.15, -0.1) is 11.3 Å². The Morgan fingerprint density at radius 3 is 3.00 bits per heavy atom. The number of fused-ring (bicyclic) bond motifs is 1. The molecule has 1 unspecified atom stereocenters. The number of hydrogen-bond donors (Lipinski definition) is 1. The van der Waals surface area contributed by atoms with Gasteiger partial charge in [-0.05, 0) is 29.6 Å². The molecule has 27 heavy (non-hydrogen) atoms. The quantitative estimate of drug-likeness (QED) is 0.741. The third-order valence-corrected chi connectivity index (χ3v) is 6.09. The number of nitrogens with one attached hydrogen (secondary N) is 1. The van der Waals surface area contributed by atoms with Crippen LogP contribution < -0.4 is 4.74 Å². The Morgan fingerprint density at radius 2 is 2.15 bits per heavy atom. The van der Waals surface area contributed by atoms with Crippen LogP contribution in [0, 0.1) is 0 Å². The predicted octanol–water partition coefficient (Wildman–Crippen LogP) is 3.39. The van der Waals surface area contributed by atoms with Crippen molar-refractivity contribution in [2.75, 3.05) is 13.1 Å². The second-order valence-electron chi connectivity index (χ2n) is 7.00. The number of para-hydroxylation sites is 1. The zero-order chi connectivity index (χ0) is 18.4. The van der Waals surface area contributed by atoms with E-state index in [0.717, 1.165) is 10.6 Å². The van der Waals surface area contributed by atoms with Gasteiger partial charge < -0.3 is 9.64 Å². The van der Waals surface area contributed by atoms with E-state index >= 15 is 0 Å². The van der Waals surface area contributed by atoms with Gasteiger partial charge in [0.25, 0.3) is 5.91 Å². The molecule has 2 aliphatic rings. The van der Waals surface area contributed by atoms with Gasteiger partial charge in [0.05, 0.1) is 29.1 Å². The molecule has 136 valence electrons. The van der Waals surface area contributed by atoms with Crippen LogP contribution in [0.3, 0.4) is 0 Å². The maximum atomic E-state index is 12.9. The fourth-order valence-electron chi connectivity index (χ4n) is 3.84. The van der Waals surface area contributed by atoms with Crippen molar-refractivity contribution in [3.63, 3.8) is 0 Å². The lowest BCUT2D eigenvalue weighted by Crippen LogP contribution is -2.45. The molecule has 0 aliphatic carbocycles. The summed E-state index contributed by atoms with van der Waals surface area (Å²) in [5.41, 5.74) is 1.22. The molecule has 4 heterocycles. The van der Waals surface area contributed by atoms with E-state index in [2.05, 4.69) is 10.2 Å². The Labute approximate surface area is 159 Å². The molecule has 1 amide bonds. The highest BCUT2D eigenvalue weighted by atomic mass is 32.1. The highest BCUT2D eigenvalue weighted by Gasteiger charge is 2.47. The van der Waals surface area contributed by atoms with Gasteiger partial charge in [-0.2, -0.15) is 5.10 Å². The van der Waals surface area contributed by atoms with Crippen LogP contribution in [0.1, 0.15) is 33.7 Å². The average Bonchev–Trinajstić information content (AvgIpc) is 3.42. The summed E-state index contributed by atoms with van der Waals surface area (Å²) in [6.45, 7) is 0.947. The molecule has 1 spiro atoms. The number of amides is 1. The monoisotopic (exact) mass is 379 g/mol. The van der Waals surface area contributed by atoms with Crippen molar-refractivity contribution in [2.24, 2.45) is 0 Å². The van der Waals surface area contributed by atoms with E-state index < -0.39 is 5.60 Å². The standard InChI is InChI=1S/C20H17N3O3S/c24-16-11-20(26-17-5-2-1-4-13(16)17)7-8-23(12-20)19(25)15-10-14(21-22-15)18-6-3-9-27-18/h1-6,9-10H,7-8,11-12H2,(H,21,22). The minimum Gasteiger partial charge on any atom is -0.484 e. The largest absolute Gasteiger partial charge is 0.484 e. The van der Waals surface area contributed by atoms with Gasteiger partial charge in [-0.3, -0.25) is 14.7 Å². The van der Waals surface area contributed by atoms with Crippen molar-refractivity contribution in [3.05, 3.63) is 59.1 Å². The Kier molecular flexibility index (Phi) is 3.65. The van der Waals surface area contributed by atoms with Crippen molar-refractivity contribution in [3.8, 4) is 16.3 Å². The fourth-order valence-corrected chi connectivity index (χ4v) is 4.53. The van der Waals surface area contributed by atoms with Crippen LogP contribution in [-0.2, 0) is 0 Å². The first-order chi connectivity index (χ1) is 13.1. The number of carbonyl (C=O) groups is 2. The van der Waals surface area contributed by atoms with Gasteiger partial charge >= 0.3 is 0 Å². The van der Waals surface area contributed by atoms with Crippen LogP contribution in [0.5, 0.6) is 5.75 Å². The third kappa shape index (κ3) is 2.75. The van der Waals surface area contributed by atoms with E-state index in [9.17, 15) is 9.59 Å². The Hall–Kier alpha value is -2.93. The maximum Gasteiger partial charge on any atom is 0.274 e. The molecule has 1 N–H and O–H groups in total. The minimum atomic E-state index is -0.631. The van der Waals surface area contributed by atoms with E-state index in [1.54, 1.807) is 28.4 Å². The smallest absolute Gasteiger partial charge is 0.274 e. The summed E-state index contributed by atoms with van der Waals surface area (Å²) in [4.78, 5) is 28.2. The zero-order valence-electron chi connectivity index (χ0n) is 14.5. The number of aromatic amines is 1. The van der Waals surface area contributed by atoms with Crippen molar-refractivity contribution in [1.82, 2.24) is 15.1 Å². The number of carbonyl (C=O) groups excluding carboxylic acids is 2. The number of aromatic nitrogens is 2. The van der Waals surface area contributed by atoms with Crippen molar-refractivity contribution < 1.29 is 14.3 Å². The second kappa shape index (κ2) is 6.06. The number of likely N-dealkylation sites (tertiary alicyclic amines) is 1. The van der Waals surface area contributed by atoms with E-state index in [1.807, 2.05) is 35.7 Å². The van der Waals surface area contributed by atoms with E-state index in [0.29, 0.717) is 42.9 Å². The van der Waals surface area contributed by atoms with Gasteiger partial charge in [-0.25, -0.2) is 0 Å². The summed E-state index contributed by atoms with van der Waals surface area (Å²) >= 11 is 1.59. The van der Waals surface area contributed by atoms with Crippen LogP contribution in [0.4, 0.5) is 0 Å². The molecule has 5 rings (SSSR count). The summed E-state index contributed by atoms with van der Waals surface area (Å²) in [5.74, 6) is 0.550. The first kappa shape index (κ1) is 16.3. The molecule has 2 aromatic heterocycles. The van der Waals surface area contributed by atoms with Gasteiger partial charge in [0, 0.05) is 13.0 Å². The molecule has 1 fully saturated rings. The highest BCUT2D eigenvalue weighted by Crippen LogP contribution is 2.39. The molecule has 3 aromatic rings. The molecule has 0 radical (unpaired) electrons. The SMILES string of the molecule is O=C1CC2(CCN(C(=O)c3cc(-c4cccs4)[nH]n3)C2)Oc2ccccc21. The predicted molar refractivity (Wildman–Crippen MR) is 101 cm³/mol. The van der Waals surface area contributed by atoms with Gasteiger partial charge in [-0.1, -0.05) is 18.2 Å². The maximum absolute atomic E-state index is 12.9. The average molecular weight is 379 g/mol. The fraction of sp³-hybridized carbons (Fsp3) is 0.250. The number of hydrogen-bond acceptors (Lipinski definition) is 5.